The van der Waals surface area contributed by atoms with Gasteiger partial charge >= 0.3 is 17.9 Å². The second kappa shape index (κ2) is 69.3. The Kier molecular flexibility index (Phi) is 64.9. The van der Waals surface area contributed by atoms with Crippen molar-refractivity contribution < 1.29 is 28.6 Å². The van der Waals surface area contributed by atoms with Crippen molar-refractivity contribution in [2.24, 2.45) is 0 Å². The number of unbranched alkanes of at least 4 members (excludes halogenated alkanes) is 20. The molecule has 83 heavy (non-hydrogen) atoms. The lowest BCUT2D eigenvalue weighted by Crippen LogP contribution is -2.30. The molecule has 0 radical (unpaired) electrons. The van der Waals surface area contributed by atoms with Gasteiger partial charge in [-0.05, 0) is 154 Å². The summed E-state index contributed by atoms with van der Waals surface area (Å²) in [6.45, 7) is 6.34. The van der Waals surface area contributed by atoms with Crippen LogP contribution in [0.1, 0.15) is 278 Å². The molecule has 6 nitrogen and oxygen atoms in total. The molecule has 0 aliphatic heterocycles. The van der Waals surface area contributed by atoms with Crippen molar-refractivity contribution >= 4 is 17.9 Å². The van der Waals surface area contributed by atoms with Crippen LogP contribution in [0, 0.1) is 0 Å². The van der Waals surface area contributed by atoms with Crippen molar-refractivity contribution in [3.05, 3.63) is 170 Å². The first-order chi connectivity index (χ1) is 41.0. The van der Waals surface area contributed by atoms with Gasteiger partial charge in [0.25, 0.3) is 0 Å². The van der Waals surface area contributed by atoms with E-state index >= 15 is 0 Å². The van der Waals surface area contributed by atoms with Gasteiger partial charge in [0, 0.05) is 19.3 Å². The fourth-order valence-electron chi connectivity index (χ4n) is 8.71. The SMILES string of the molecule is CC/C=C\C/C=C\C/C=C\C/C=C\C/C=C\C/C=C\C/C=C\C/C=C\C/C=C\C/C=C\CCCCC(=O)OCC(COC(=O)CCCCC/C=C\C/C=C\C/C=C\CC)OC(=O)CCCCCCCCCCC/C=C\CCCCCCCC. The predicted octanol–water partition coefficient (Wildman–Crippen LogP) is 23.4. The Labute approximate surface area is 511 Å². The quantitative estimate of drug-likeness (QED) is 0.0261. The Hall–Kier alpha value is -5.23. The number of carbonyl (C=O) groups is 3. The topological polar surface area (TPSA) is 78.9 Å². The van der Waals surface area contributed by atoms with Crippen LogP contribution in [0.3, 0.4) is 0 Å². The van der Waals surface area contributed by atoms with E-state index in [9.17, 15) is 14.4 Å². The zero-order valence-corrected chi connectivity index (χ0v) is 53.4. The summed E-state index contributed by atoms with van der Waals surface area (Å²) in [5.41, 5.74) is 0. The maximum Gasteiger partial charge on any atom is 0.306 e. The minimum absolute atomic E-state index is 0.114. The largest absolute Gasteiger partial charge is 0.462 e. The van der Waals surface area contributed by atoms with E-state index in [1.165, 1.54) is 89.9 Å². The summed E-state index contributed by atoms with van der Waals surface area (Å²) in [6, 6.07) is 0. The van der Waals surface area contributed by atoms with E-state index in [1.807, 2.05) is 0 Å². The molecule has 0 heterocycles. The van der Waals surface area contributed by atoms with Gasteiger partial charge in [-0.1, -0.05) is 274 Å². The van der Waals surface area contributed by atoms with Gasteiger partial charge in [0.1, 0.15) is 13.2 Å². The summed E-state index contributed by atoms with van der Waals surface area (Å²) in [4.78, 5) is 38.3. The monoisotopic (exact) mass is 1140 g/mol. The van der Waals surface area contributed by atoms with Crippen LogP contribution >= 0.6 is 0 Å². The van der Waals surface area contributed by atoms with E-state index in [-0.39, 0.29) is 37.5 Å². The Bertz CT molecular complexity index is 1890. The smallest absolute Gasteiger partial charge is 0.306 e. The third kappa shape index (κ3) is 67.4. The fraction of sp³-hybridized carbons (Fsp3) is 0.597. The molecule has 466 valence electrons. The van der Waals surface area contributed by atoms with Crippen molar-refractivity contribution in [3.8, 4) is 0 Å². The predicted molar refractivity (Wildman–Crippen MR) is 361 cm³/mol. The standard InChI is InChI=1S/C77H122O6/c1-4-7-10-13-16-19-22-25-27-29-31-32-33-34-35-36-37-38-39-40-41-42-43-44-46-47-49-52-55-58-61-64-67-70-76(79)82-73-74(72-81-75(78)69-66-63-60-57-54-51-24-21-18-15-12-9-6-3)83-77(80)71-68-65-62-59-56-53-50-48-45-30-28-26-23-20-17-14-11-8-5-2/h7,9-10,12,16,18-19,21,25-28,31-32,34-35,37-38,40-41,43-44,47,49,51,54-55,58,74H,4-6,8,11,13-15,17,20,22-24,29-30,33,36,39,42,45-46,48,50,52-53,56-57,59-73H2,1-3H3/b10-7-,12-9-,19-16-,21-18-,27-25-,28-26-,32-31-,35-34-,38-37-,41-40-,44-43-,49-47-,54-51-,58-55-. The van der Waals surface area contributed by atoms with E-state index in [4.69, 9.17) is 14.2 Å². The minimum Gasteiger partial charge on any atom is -0.462 e. The third-order valence-electron chi connectivity index (χ3n) is 13.7. The molecule has 6 heteroatoms. The zero-order chi connectivity index (χ0) is 59.9. The number of carbonyl (C=O) groups excluding carboxylic acids is 3. The van der Waals surface area contributed by atoms with E-state index in [1.54, 1.807) is 0 Å². The molecule has 0 aliphatic rings. The normalized spacial score (nSPS) is 13.2. The number of rotatable bonds is 59. The summed E-state index contributed by atoms with van der Waals surface area (Å²) in [5, 5.41) is 0. The van der Waals surface area contributed by atoms with Crippen molar-refractivity contribution in [1.82, 2.24) is 0 Å². The average molecular weight is 1140 g/mol. The molecule has 0 aromatic carbocycles. The highest BCUT2D eigenvalue weighted by Crippen LogP contribution is 2.15. The van der Waals surface area contributed by atoms with Crippen molar-refractivity contribution in [3.63, 3.8) is 0 Å². The molecule has 1 unspecified atom stereocenters. The number of allylic oxidation sites excluding steroid dienone is 28. The number of ether oxygens (including phenoxy) is 3. The summed E-state index contributed by atoms with van der Waals surface area (Å²) >= 11 is 0. The molecule has 0 saturated carbocycles. The molecule has 0 aromatic heterocycles. The molecule has 1 atom stereocenters. The molecule has 0 N–H and O–H groups in total. The Morgan fingerprint density at radius 3 is 0.783 bits per heavy atom. The van der Waals surface area contributed by atoms with Gasteiger partial charge in [-0.15, -0.1) is 0 Å². The second-order valence-electron chi connectivity index (χ2n) is 21.6. The van der Waals surface area contributed by atoms with Crippen LogP contribution in [0.25, 0.3) is 0 Å². The third-order valence-corrected chi connectivity index (χ3v) is 13.7. The first kappa shape index (κ1) is 77.8. The fourth-order valence-corrected chi connectivity index (χ4v) is 8.71. The maximum absolute atomic E-state index is 12.9. The van der Waals surface area contributed by atoms with Gasteiger partial charge in [0.05, 0.1) is 0 Å². The molecule has 0 aliphatic carbocycles. The Morgan fingerprint density at radius 2 is 0.470 bits per heavy atom. The minimum atomic E-state index is -0.819. The Balaban J connectivity index is 4.42. The number of hydrogen-bond acceptors (Lipinski definition) is 6. The molecule has 0 rings (SSSR count). The first-order valence-corrected chi connectivity index (χ1v) is 33.6. The highest BCUT2D eigenvalue weighted by atomic mass is 16.6. The van der Waals surface area contributed by atoms with Crippen LogP contribution in [0.5, 0.6) is 0 Å². The molecule has 0 bridgehead atoms. The molecule has 0 spiro atoms. The van der Waals surface area contributed by atoms with Crippen LogP contribution in [-0.4, -0.2) is 37.2 Å². The summed E-state index contributed by atoms with van der Waals surface area (Å²) in [7, 11) is 0. The molecular weight excluding hydrogens is 1020 g/mol. The summed E-state index contributed by atoms with van der Waals surface area (Å²) in [6.07, 6.45) is 102. The lowest BCUT2D eigenvalue weighted by molar-refractivity contribution is -0.167. The van der Waals surface area contributed by atoms with Gasteiger partial charge in [-0.2, -0.15) is 0 Å². The van der Waals surface area contributed by atoms with Crippen molar-refractivity contribution in [2.75, 3.05) is 13.2 Å². The lowest BCUT2D eigenvalue weighted by atomic mass is 10.1. The Morgan fingerprint density at radius 1 is 0.253 bits per heavy atom. The van der Waals surface area contributed by atoms with Crippen LogP contribution in [0.15, 0.2) is 170 Å². The molecule has 0 fully saturated rings. The molecule has 0 saturated heterocycles. The first-order valence-electron chi connectivity index (χ1n) is 33.6. The van der Waals surface area contributed by atoms with Crippen molar-refractivity contribution in [1.29, 1.82) is 0 Å². The second-order valence-corrected chi connectivity index (χ2v) is 21.6. The van der Waals surface area contributed by atoms with Crippen LogP contribution in [0.4, 0.5) is 0 Å². The van der Waals surface area contributed by atoms with E-state index < -0.39 is 6.10 Å². The van der Waals surface area contributed by atoms with E-state index in [0.29, 0.717) is 19.3 Å². The van der Waals surface area contributed by atoms with E-state index in [0.717, 1.165) is 141 Å². The summed E-state index contributed by atoms with van der Waals surface area (Å²) < 4.78 is 16.9. The molecule has 0 aromatic rings. The van der Waals surface area contributed by atoms with Crippen LogP contribution < -0.4 is 0 Å². The number of esters is 3. The summed E-state index contributed by atoms with van der Waals surface area (Å²) in [5.74, 6) is -0.990. The highest BCUT2D eigenvalue weighted by Gasteiger charge is 2.19. The average Bonchev–Trinajstić information content (AvgIpc) is 3.49. The number of hydrogen-bond donors (Lipinski definition) is 0. The van der Waals surface area contributed by atoms with Crippen molar-refractivity contribution in [2.45, 2.75) is 284 Å². The van der Waals surface area contributed by atoms with Gasteiger partial charge in [-0.25, -0.2) is 0 Å². The lowest BCUT2D eigenvalue weighted by Gasteiger charge is -2.18. The molecule has 0 amide bonds. The van der Waals surface area contributed by atoms with Gasteiger partial charge in [-0.3, -0.25) is 14.4 Å². The van der Waals surface area contributed by atoms with Gasteiger partial charge in [0.15, 0.2) is 6.10 Å². The van der Waals surface area contributed by atoms with E-state index in [2.05, 4.69) is 191 Å². The van der Waals surface area contributed by atoms with Gasteiger partial charge < -0.3 is 14.2 Å². The highest BCUT2D eigenvalue weighted by molar-refractivity contribution is 5.71. The maximum atomic E-state index is 12.9. The zero-order valence-electron chi connectivity index (χ0n) is 53.4. The molecular formula is C77H122O6. The van der Waals surface area contributed by atoms with Crippen LogP contribution in [-0.2, 0) is 28.6 Å². The van der Waals surface area contributed by atoms with Crippen LogP contribution in [0.2, 0.25) is 0 Å². The van der Waals surface area contributed by atoms with Gasteiger partial charge in [0.2, 0.25) is 0 Å².